The number of nitrogens with one attached hydrogen (secondary N) is 1. The van der Waals surface area contributed by atoms with Crippen molar-refractivity contribution in [3.63, 3.8) is 0 Å². The zero-order valence-electron chi connectivity index (χ0n) is 14.1. The molecule has 0 radical (unpaired) electrons. The zero-order valence-corrected chi connectivity index (χ0v) is 15.7. The van der Waals surface area contributed by atoms with Gasteiger partial charge in [-0.25, -0.2) is 8.42 Å². The zero-order chi connectivity index (χ0) is 17.2. The summed E-state index contributed by atoms with van der Waals surface area (Å²) in [5, 5.41) is 4.96. The van der Waals surface area contributed by atoms with E-state index < -0.39 is 10.0 Å². The number of hydrogen-bond acceptors (Lipinski definition) is 4. The van der Waals surface area contributed by atoms with Crippen LogP contribution in [0, 0.1) is 11.8 Å². The van der Waals surface area contributed by atoms with Crippen molar-refractivity contribution in [1.29, 1.82) is 0 Å². The molecule has 1 aliphatic heterocycles. The molecule has 7 heteroatoms. The number of carbonyl (C=O) groups is 1. The van der Waals surface area contributed by atoms with E-state index in [4.69, 9.17) is 0 Å². The molecule has 24 heavy (non-hydrogen) atoms. The normalized spacial score (nSPS) is 29.3. The predicted octanol–water partition coefficient (Wildman–Crippen LogP) is 2.84. The molecule has 1 aromatic rings. The third kappa shape index (κ3) is 3.83. The van der Waals surface area contributed by atoms with Crippen molar-refractivity contribution in [2.24, 2.45) is 11.8 Å². The molecule has 1 saturated carbocycles. The third-order valence-electron chi connectivity index (χ3n) is 5.28. The molecular weight excluding hydrogens is 344 g/mol. The van der Waals surface area contributed by atoms with E-state index >= 15 is 0 Å². The molecule has 1 saturated heterocycles. The monoisotopic (exact) mass is 370 g/mol. The second kappa shape index (κ2) is 7.54. The summed E-state index contributed by atoms with van der Waals surface area (Å²) in [6, 6.07) is 3.62. The molecule has 0 bridgehead atoms. The Kier molecular flexibility index (Phi) is 5.62. The van der Waals surface area contributed by atoms with Crippen LogP contribution >= 0.6 is 11.3 Å². The first kappa shape index (κ1) is 17.9. The number of sulfonamides is 1. The van der Waals surface area contributed by atoms with E-state index in [0.717, 1.165) is 25.7 Å². The van der Waals surface area contributed by atoms with E-state index in [1.165, 1.54) is 28.5 Å². The van der Waals surface area contributed by atoms with Gasteiger partial charge in [0.1, 0.15) is 4.21 Å². The van der Waals surface area contributed by atoms with Crippen molar-refractivity contribution in [1.82, 2.24) is 9.62 Å². The molecule has 1 aromatic heterocycles. The highest BCUT2D eigenvalue weighted by Crippen LogP contribution is 2.28. The molecule has 0 aromatic carbocycles. The van der Waals surface area contributed by atoms with E-state index in [-0.39, 0.29) is 17.9 Å². The number of thiophene rings is 1. The van der Waals surface area contributed by atoms with E-state index in [1.807, 2.05) is 0 Å². The SMILES string of the molecule is C[C@H]1CCCC[C@H]1NC(=O)[C@@H]1CCCN(S(=O)(=O)c2cccs2)C1. The Balaban J connectivity index is 1.64. The first-order valence-electron chi connectivity index (χ1n) is 8.82. The fourth-order valence-electron chi connectivity index (χ4n) is 3.74. The topological polar surface area (TPSA) is 66.5 Å². The maximum atomic E-state index is 12.7. The standard InChI is InChI=1S/C17H26N2O3S2/c1-13-6-2-3-8-15(13)18-17(20)14-7-4-10-19(12-14)24(21,22)16-9-5-11-23-16/h5,9,11,13-15H,2-4,6-8,10,12H2,1H3,(H,18,20)/t13-,14+,15+/m0/s1. The fraction of sp³-hybridized carbons (Fsp3) is 0.706. The molecule has 3 rings (SSSR count). The summed E-state index contributed by atoms with van der Waals surface area (Å²) in [5.74, 6) is 0.305. The van der Waals surface area contributed by atoms with Crippen molar-refractivity contribution in [3.05, 3.63) is 17.5 Å². The largest absolute Gasteiger partial charge is 0.353 e. The van der Waals surface area contributed by atoms with Crippen LogP contribution in [-0.4, -0.2) is 37.8 Å². The average molecular weight is 371 g/mol. The van der Waals surface area contributed by atoms with Gasteiger partial charge in [-0.15, -0.1) is 11.3 Å². The summed E-state index contributed by atoms with van der Waals surface area (Å²) in [6.07, 6.45) is 6.11. The lowest BCUT2D eigenvalue weighted by Crippen LogP contribution is -2.49. The Bertz CT molecular complexity index is 657. The minimum absolute atomic E-state index is 0.0276. The second-order valence-corrected chi connectivity index (χ2v) is 10.1. The van der Waals surface area contributed by atoms with Gasteiger partial charge in [0, 0.05) is 19.1 Å². The number of nitrogens with zero attached hydrogens (tertiary/aromatic N) is 1. The highest BCUT2D eigenvalue weighted by Gasteiger charge is 2.35. The average Bonchev–Trinajstić information content (AvgIpc) is 3.12. The van der Waals surface area contributed by atoms with Gasteiger partial charge in [-0.05, 0) is 43.0 Å². The molecule has 3 atom stereocenters. The maximum Gasteiger partial charge on any atom is 0.252 e. The summed E-state index contributed by atoms with van der Waals surface area (Å²) in [4.78, 5) is 12.6. The number of carbonyl (C=O) groups excluding carboxylic acids is 1. The number of rotatable bonds is 4. The van der Waals surface area contributed by atoms with Gasteiger partial charge in [0.2, 0.25) is 5.91 Å². The first-order chi connectivity index (χ1) is 11.5. The van der Waals surface area contributed by atoms with Gasteiger partial charge >= 0.3 is 0 Å². The quantitative estimate of drug-likeness (QED) is 0.886. The van der Waals surface area contributed by atoms with Gasteiger partial charge in [-0.2, -0.15) is 4.31 Å². The lowest BCUT2D eigenvalue weighted by molar-refractivity contribution is -0.127. The lowest BCUT2D eigenvalue weighted by atomic mass is 9.85. The molecule has 2 heterocycles. The Morgan fingerprint density at radius 1 is 1.25 bits per heavy atom. The fourth-order valence-corrected chi connectivity index (χ4v) is 6.41. The Hall–Kier alpha value is -0.920. The molecule has 1 N–H and O–H groups in total. The lowest BCUT2D eigenvalue weighted by Gasteiger charge is -2.34. The van der Waals surface area contributed by atoms with E-state index in [9.17, 15) is 13.2 Å². The molecule has 2 fully saturated rings. The van der Waals surface area contributed by atoms with Gasteiger partial charge in [-0.3, -0.25) is 4.79 Å². The molecule has 2 aliphatic rings. The first-order valence-corrected chi connectivity index (χ1v) is 11.1. The van der Waals surface area contributed by atoms with E-state index in [1.54, 1.807) is 17.5 Å². The van der Waals surface area contributed by atoms with Crippen LogP contribution in [0.4, 0.5) is 0 Å². The van der Waals surface area contributed by atoms with Crippen molar-refractivity contribution >= 4 is 27.3 Å². The Labute approximate surface area is 148 Å². The molecular formula is C17H26N2O3S2. The molecule has 0 unspecified atom stereocenters. The molecule has 0 spiro atoms. The smallest absolute Gasteiger partial charge is 0.252 e. The van der Waals surface area contributed by atoms with Gasteiger partial charge in [-0.1, -0.05) is 25.8 Å². The van der Waals surface area contributed by atoms with Gasteiger partial charge in [0.05, 0.1) is 5.92 Å². The molecule has 134 valence electrons. The number of piperidine rings is 1. The summed E-state index contributed by atoms with van der Waals surface area (Å²) in [5.41, 5.74) is 0. The van der Waals surface area contributed by atoms with Crippen LogP contribution in [0.5, 0.6) is 0 Å². The van der Waals surface area contributed by atoms with Crippen LogP contribution in [0.1, 0.15) is 45.4 Å². The Morgan fingerprint density at radius 2 is 2.04 bits per heavy atom. The minimum atomic E-state index is -3.46. The van der Waals surface area contributed by atoms with Crippen molar-refractivity contribution < 1.29 is 13.2 Å². The van der Waals surface area contributed by atoms with E-state index in [2.05, 4.69) is 12.2 Å². The van der Waals surface area contributed by atoms with Gasteiger partial charge in [0.25, 0.3) is 10.0 Å². The van der Waals surface area contributed by atoms with Crippen LogP contribution in [0.15, 0.2) is 21.7 Å². The molecule has 1 aliphatic carbocycles. The summed E-state index contributed by atoms with van der Waals surface area (Å²) in [7, 11) is -3.46. The van der Waals surface area contributed by atoms with Crippen LogP contribution in [0.2, 0.25) is 0 Å². The molecule has 5 nitrogen and oxygen atoms in total. The van der Waals surface area contributed by atoms with Crippen LogP contribution in [0.3, 0.4) is 0 Å². The van der Waals surface area contributed by atoms with Gasteiger partial charge in [0.15, 0.2) is 0 Å². The maximum absolute atomic E-state index is 12.7. The number of amides is 1. The summed E-state index contributed by atoms with van der Waals surface area (Å²) < 4.78 is 27.2. The summed E-state index contributed by atoms with van der Waals surface area (Å²) >= 11 is 1.23. The van der Waals surface area contributed by atoms with Gasteiger partial charge < -0.3 is 5.32 Å². The highest BCUT2D eigenvalue weighted by molar-refractivity contribution is 7.91. The summed E-state index contributed by atoms with van der Waals surface area (Å²) in [6.45, 7) is 3.00. The highest BCUT2D eigenvalue weighted by atomic mass is 32.2. The van der Waals surface area contributed by atoms with Crippen LogP contribution < -0.4 is 5.32 Å². The molecule has 1 amide bonds. The predicted molar refractivity (Wildman–Crippen MR) is 95.4 cm³/mol. The van der Waals surface area contributed by atoms with E-state index in [0.29, 0.717) is 23.2 Å². The minimum Gasteiger partial charge on any atom is -0.353 e. The van der Waals surface area contributed by atoms with Crippen molar-refractivity contribution in [2.75, 3.05) is 13.1 Å². The van der Waals surface area contributed by atoms with Crippen molar-refractivity contribution in [2.45, 2.75) is 55.7 Å². The second-order valence-electron chi connectivity index (χ2n) is 7.01. The third-order valence-corrected chi connectivity index (χ3v) is 8.52. The van der Waals surface area contributed by atoms with Crippen molar-refractivity contribution in [3.8, 4) is 0 Å². The van der Waals surface area contributed by atoms with Crippen LogP contribution in [0.25, 0.3) is 0 Å². The number of hydrogen-bond donors (Lipinski definition) is 1. The Morgan fingerprint density at radius 3 is 2.75 bits per heavy atom. The van der Waals surface area contributed by atoms with Crippen LogP contribution in [-0.2, 0) is 14.8 Å².